The second-order valence-electron chi connectivity index (χ2n) is 6.35. The zero-order valence-electron chi connectivity index (χ0n) is 14.5. The van der Waals surface area contributed by atoms with E-state index in [1.165, 1.54) is 24.6 Å². The molecule has 134 valence electrons. The van der Waals surface area contributed by atoms with E-state index in [1.807, 2.05) is 48.7 Å². The SMILES string of the molecule is Cc1nnc(SCC(=O)N[C@H](c2ccccc2)c2cccs2)n1C1CC1. The zero-order chi connectivity index (χ0) is 17.9. The van der Waals surface area contributed by atoms with Crippen LogP contribution in [-0.4, -0.2) is 26.4 Å². The van der Waals surface area contributed by atoms with Crippen molar-refractivity contribution in [1.29, 1.82) is 0 Å². The van der Waals surface area contributed by atoms with Crippen LogP contribution in [0.25, 0.3) is 0 Å². The maximum absolute atomic E-state index is 12.6. The minimum Gasteiger partial charge on any atom is -0.344 e. The van der Waals surface area contributed by atoms with Crippen LogP contribution in [0.3, 0.4) is 0 Å². The molecule has 1 saturated carbocycles. The molecule has 7 heteroatoms. The summed E-state index contributed by atoms with van der Waals surface area (Å²) < 4.78 is 2.16. The number of amides is 1. The topological polar surface area (TPSA) is 59.8 Å². The second-order valence-corrected chi connectivity index (χ2v) is 8.27. The summed E-state index contributed by atoms with van der Waals surface area (Å²) in [4.78, 5) is 13.7. The summed E-state index contributed by atoms with van der Waals surface area (Å²) in [7, 11) is 0. The smallest absolute Gasteiger partial charge is 0.231 e. The Labute approximate surface area is 160 Å². The summed E-state index contributed by atoms with van der Waals surface area (Å²) in [6, 6.07) is 14.5. The first kappa shape index (κ1) is 17.3. The van der Waals surface area contributed by atoms with Crippen molar-refractivity contribution in [3.8, 4) is 0 Å². The summed E-state index contributed by atoms with van der Waals surface area (Å²) in [5.74, 6) is 1.26. The molecule has 0 radical (unpaired) electrons. The molecule has 1 aliphatic rings. The predicted molar refractivity (Wildman–Crippen MR) is 105 cm³/mol. The van der Waals surface area contributed by atoms with Gasteiger partial charge in [0.2, 0.25) is 5.91 Å². The van der Waals surface area contributed by atoms with Gasteiger partial charge in [-0.25, -0.2) is 0 Å². The van der Waals surface area contributed by atoms with E-state index < -0.39 is 0 Å². The van der Waals surface area contributed by atoms with Gasteiger partial charge >= 0.3 is 0 Å². The molecule has 1 aromatic carbocycles. The van der Waals surface area contributed by atoms with Crippen molar-refractivity contribution < 1.29 is 4.79 Å². The first-order chi connectivity index (χ1) is 12.7. The maximum Gasteiger partial charge on any atom is 0.231 e. The predicted octanol–water partition coefficient (Wildman–Crippen LogP) is 3.98. The fourth-order valence-corrected chi connectivity index (χ4v) is 4.62. The Morgan fingerprint density at radius 3 is 2.77 bits per heavy atom. The number of carbonyl (C=O) groups is 1. The Hall–Kier alpha value is -2.12. The third-order valence-electron chi connectivity index (χ3n) is 4.35. The number of nitrogens with zero attached hydrogens (tertiary/aromatic N) is 3. The van der Waals surface area contributed by atoms with Gasteiger partial charge in [0.1, 0.15) is 5.82 Å². The third-order valence-corrected chi connectivity index (χ3v) is 6.23. The van der Waals surface area contributed by atoms with E-state index in [4.69, 9.17) is 0 Å². The number of rotatable bonds is 7. The molecule has 4 rings (SSSR count). The van der Waals surface area contributed by atoms with Crippen LogP contribution in [0.5, 0.6) is 0 Å². The van der Waals surface area contributed by atoms with Gasteiger partial charge in [-0.3, -0.25) is 4.79 Å². The molecular formula is C19H20N4OS2. The molecule has 0 bridgehead atoms. The van der Waals surface area contributed by atoms with Crippen LogP contribution in [0.2, 0.25) is 0 Å². The van der Waals surface area contributed by atoms with E-state index in [9.17, 15) is 4.79 Å². The molecule has 26 heavy (non-hydrogen) atoms. The van der Waals surface area contributed by atoms with E-state index in [0.717, 1.165) is 21.4 Å². The zero-order valence-corrected chi connectivity index (χ0v) is 16.1. The molecule has 1 aliphatic carbocycles. The summed E-state index contributed by atoms with van der Waals surface area (Å²) >= 11 is 3.11. The van der Waals surface area contributed by atoms with Crippen molar-refractivity contribution >= 4 is 29.0 Å². The summed E-state index contributed by atoms with van der Waals surface area (Å²) in [6.45, 7) is 1.97. The monoisotopic (exact) mass is 384 g/mol. The average Bonchev–Trinajstić information content (AvgIpc) is 3.20. The Morgan fingerprint density at radius 2 is 2.08 bits per heavy atom. The fraction of sp³-hybridized carbons (Fsp3) is 0.316. The van der Waals surface area contributed by atoms with Crippen LogP contribution < -0.4 is 5.32 Å². The third kappa shape index (κ3) is 3.83. The molecule has 1 amide bonds. The van der Waals surface area contributed by atoms with Gasteiger partial charge < -0.3 is 9.88 Å². The van der Waals surface area contributed by atoms with Gasteiger partial charge in [-0.05, 0) is 36.8 Å². The lowest BCUT2D eigenvalue weighted by molar-refractivity contribution is -0.119. The second kappa shape index (κ2) is 7.63. The number of hydrogen-bond acceptors (Lipinski definition) is 5. The van der Waals surface area contributed by atoms with Crippen LogP contribution in [0.4, 0.5) is 0 Å². The van der Waals surface area contributed by atoms with Crippen molar-refractivity contribution in [3.63, 3.8) is 0 Å². The summed E-state index contributed by atoms with van der Waals surface area (Å²) in [5.41, 5.74) is 1.09. The van der Waals surface area contributed by atoms with Crippen molar-refractivity contribution in [3.05, 3.63) is 64.1 Å². The Morgan fingerprint density at radius 1 is 1.27 bits per heavy atom. The molecule has 2 aromatic heterocycles. The number of aromatic nitrogens is 3. The Bertz CT molecular complexity index is 872. The molecule has 0 unspecified atom stereocenters. The van der Waals surface area contributed by atoms with Crippen molar-refractivity contribution in [1.82, 2.24) is 20.1 Å². The van der Waals surface area contributed by atoms with Crippen molar-refractivity contribution in [2.24, 2.45) is 0 Å². The van der Waals surface area contributed by atoms with Gasteiger partial charge in [-0.2, -0.15) is 0 Å². The molecular weight excluding hydrogens is 364 g/mol. The molecule has 1 atom stereocenters. The van der Waals surface area contributed by atoms with Gasteiger partial charge in [0.25, 0.3) is 0 Å². The molecule has 0 spiro atoms. The number of thioether (sulfide) groups is 1. The van der Waals surface area contributed by atoms with Crippen LogP contribution in [0.1, 0.15) is 41.2 Å². The number of thiophene rings is 1. The molecule has 2 heterocycles. The molecule has 0 saturated heterocycles. The molecule has 1 fully saturated rings. The minimum atomic E-state index is -0.118. The molecule has 3 aromatic rings. The van der Waals surface area contributed by atoms with Crippen LogP contribution in [0, 0.1) is 6.92 Å². The Kier molecular flexibility index (Phi) is 5.08. The molecule has 0 aliphatic heterocycles. The van der Waals surface area contributed by atoms with Gasteiger partial charge in [0.15, 0.2) is 5.16 Å². The van der Waals surface area contributed by atoms with Crippen molar-refractivity contribution in [2.75, 3.05) is 5.75 Å². The van der Waals surface area contributed by atoms with Gasteiger partial charge in [-0.1, -0.05) is 48.2 Å². The lowest BCUT2D eigenvalue weighted by Crippen LogP contribution is -2.30. The number of hydrogen-bond donors (Lipinski definition) is 1. The lowest BCUT2D eigenvalue weighted by atomic mass is 10.1. The highest BCUT2D eigenvalue weighted by molar-refractivity contribution is 7.99. The maximum atomic E-state index is 12.6. The fourth-order valence-electron chi connectivity index (χ4n) is 2.95. The number of nitrogens with one attached hydrogen (secondary N) is 1. The largest absolute Gasteiger partial charge is 0.344 e. The first-order valence-corrected chi connectivity index (χ1v) is 10.5. The summed E-state index contributed by atoms with van der Waals surface area (Å²) in [6.07, 6.45) is 2.35. The summed E-state index contributed by atoms with van der Waals surface area (Å²) in [5, 5.41) is 14.4. The van der Waals surface area contributed by atoms with Gasteiger partial charge in [0.05, 0.1) is 11.8 Å². The number of aryl methyl sites for hydroxylation is 1. The van der Waals surface area contributed by atoms with Gasteiger partial charge in [-0.15, -0.1) is 21.5 Å². The Balaban J connectivity index is 1.44. The molecule has 1 N–H and O–H groups in total. The number of carbonyl (C=O) groups excluding carboxylic acids is 1. The minimum absolute atomic E-state index is 0.000234. The van der Waals surface area contributed by atoms with Gasteiger partial charge in [0, 0.05) is 10.9 Å². The molecule has 5 nitrogen and oxygen atoms in total. The highest BCUT2D eigenvalue weighted by Gasteiger charge is 2.28. The van der Waals surface area contributed by atoms with Crippen LogP contribution in [0.15, 0.2) is 53.0 Å². The highest BCUT2D eigenvalue weighted by atomic mass is 32.2. The normalized spacial score (nSPS) is 15.0. The van der Waals surface area contributed by atoms with E-state index in [1.54, 1.807) is 11.3 Å². The number of benzene rings is 1. The highest BCUT2D eigenvalue weighted by Crippen LogP contribution is 2.38. The van der Waals surface area contributed by atoms with Crippen LogP contribution in [-0.2, 0) is 4.79 Å². The average molecular weight is 385 g/mol. The quantitative estimate of drug-likeness (QED) is 0.626. The standard InChI is InChI=1S/C19H20N4OS2/c1-13-21-22-19(23(13)15-9-10-15)26-12-17(24)20-18(16-8-5-11-25-16)14-6-3-2-4-7-14/h2-8,11,15,18H,9-10,12H2,1H3,(H,20,24)/t18-/m1/s1. The van der Waals surface area contributed by atoms with E-state index in [0.29, 0.717) is 11.8 Å². The first-order valence-electron chi connectivity index (χ1n) is 8.64. The van der Waals surface area contributed by atoms with E-state index in [-0.39, 0.29) is 11.9 Å². The van der Waals surface area contributed by atoms with Crippen LogP contribution >= 0.6 is 23.1 Å². The van der Waals surface area contributed by atoms with E-state index >= 15 is 0 Å². The lowest BCUT2D eigenvalue weighted by Gasteiger charge is -2.18. The van der Waals surface area contributed by atoms with E-state index in [2.05, 4.69) is 26.1 Å². The van der Waals surface area contributed by atoms with Crippen molar-refractivity contribution in [2.45, 2.75) is 37.0 Å².